The summed E-state index contributed by atoms with van der Waals surface area (Å²) in [4.78, 5) is 38.4. The van der Waals surface area contributed by atoms with Crippen LogP contribution < -0.4 is 10.9 Å². The summed E-state index contributed by atoms with van der Waals surface area (Å²) in [7, 11) is 1.32. The van der Waals surface area contributed by atoms with Crippen molar-refractivity contribution in [2.24, 2.45) is 11.8 Å². The summed E-state index contributed by atoms with van der Waals surface area (Å²) in [5.41, 5.74) is 1.02. The van der Waals surface area contributed by atoms with E-state index in [1.54, 1.807) is 17.0 Å². The molecule has 1 aromatic rings. The Morgan fingerprint density at radius 1 is 1.24 bits per heavy atom. The van der Waals surface area contributed by atoms with Crippen LogP contribution in [-0.4, -0.2) is 47.7 Å². The molecule has 0 radical (unpaired) electrons. The molecule has 136 valence electrons. The number of methoxy groups -OCH3 is 1. The number of esters is 1. The van der Waals surface area contributed by atoms with Crippen molar-refractivity contribution in [3.05, 3.63) is 34.2 Å². The zero-order chi connectivity index (χ0) is 18.1. The van der Waals surface area contributed by atoms with E-state index < -0.39 is 12.0 Å². The van der Waals surface area contributed by atoms with Crippen LogP contribution in [0, 0.1) is 11.8 Å². The van der Waals surface area contributed by atoms with Crippen molar-refractivity contribution < 1.29 is 14.3 Å². The Kier molecular flexibility index (Phi) is 4.83. The zero-order valence-electron chi connectivity index (χ0n) is 14.9. The van der Waals surface area contributed by atoms with Gasteiger partial charge in [-0.05, 0) is 24.3 Å². The molecule has 2 aliphatic heterocycles. The van der Waals surface area contributed by atoms with Crippen LogP contribution in [0.3, 0.4) is 0 Å². The van der Waals surface area contributed by atoms with Crippen molar-refractivity contribution >= 4 is 12.0 Å². The number of amides is 2. The first-order valence-electron chi connectivity index (χ1n) is 8.73. The monoisotopic (exact) mass is 347 g/mol. The van der Waals surface area contributed by atoms with Crippen LogP contribution in [0.4, 0.5) is 4.79 Å². The van der Waals surface area contributed by atoms with E-state index in [1.165, 1.54) is 7.11 Å². The molecule has 2 aliphatic rings. The molecule has 3 rings (SSSR count). The Bertz CT molecular complexity index is 727. The minimum atomic E-state index is -0.658. The van der Waals surface area contributed by atoms with Gasteiger partial charge in [0.25, 0.3) is 5.56 Å². The van der Waals surface area contributed by atoms with Gasteiger partial charge >= 0.3 is 12.0 Å². The number of urea groups is 1. The molecule has 25 heavy (non-hydrogen) atoms. The largest absolute Gasteiger partial charge is 0.467 e. The Morgan fingerprint density at radius 3 is 2.68 bits per heavy atom. The summed E-state index contributed by atoms with van der Waals surface area (Å²) in [6.07, 6.45) is 0.984. The van der Waals surface area contributed by atoms with E-state index in [0.29, 0.717) is 19.6 Å². The number of ether oxygens (including phenoxy) is 1. The third-order valence-corrected chi connectivity index (χ3v) is 5.17. The molecule has 0 aromatic carbocycles. The minimum absolute atomic E-state index is 0.0238. The topological polar surface area (TPSA) is 80.6 Å². The van der Waals surface area contributed by atoms with Gasteiger partial charge in [-0.25, -0.2) is 9.59 Å². The van der Waals surface area contributed by atoms with E-state index in [4.69, 9.17) is 4.74 Å². The molecule has 7 heteroatoms. The molecule has 2 amide bonds. The molecule has 0 spiro atoms. The maximum absolute atomic E-state index is 12.7. The highest BCUT2D eigenvalue weighted by atomic mass is 16.5. The van der Waals surface area contributed by atoms with Gasteiger partial charge in [-0.15, -0.1) is 0 Å². The fraction of sp³-hybridized carbons (Fsp3) is 0.611. The standard InChI is InChI=1S/C18H25N3O4/c1-11(2)16(17(23)25-3)19-18(24)20-8-12-7-13(10-20)14-5-4-6-15(22)21(14)9-12/h4-6,11-13,16H,7-10H2,1-3H3,(H,19,24)/t12-,13-,16+/m0/s1. The van der Waals surface area contributed by atoms with Gasteiger partial charge in [0.1, 0.15) is 6.04 Å². The van der Waals surface area contributed by atoms with Crippen LogP contribution in [0.25, 0.3) is 0 Å². The lowest BCUT2D eigenvalue weighted by molar-refractivity contribution is -0.144. The first kappa shape index (κ1) is 17.5. The number of pyridine rings is 1. The second-order valence-corrected chi connectivity index (χ2v) is 7.30. The molecule has 0 aliphatic carbocycles. The van der Waals surface area contributed by atoms with Gasteiger partial charge in [-0.2, -0.15) is 0 Å². The van der Waals surface area contributed by atoms with Crippen molar-refractivity contribution in [1.82, 2.24) is 14.8 Å². The number of nitrogens with one attached hydrogen (secondary N) is 1. The first-order chi connectivity index (χ1) is 11.9. The van der Waals surface area contributed by atoms with Crippen LogP contribution in [-0.2, 0) is 16.1 Å². The third-order valence-electron chi connectivity index (χ3n) is 5.17. The van der Waals surface area contributed by atoms with Crippen molar-refractivity contribution in [1.29, 1.82) is 0 Å². The first-order valence-corrected chi connectivity index (χ1v) is 8.73. The van der Waals surface area contributed by atoms with Crippen molar-refractivity contribution in [2.75, 3.05) is 20.2 Å². The molecule has 3 heterocycles. The Labute approximate surface area is 147 Å². The maximum Gasteiger partial charge on any atom is 0.328 e. The van der Waals surface area contributed by atoms with Crippen LogP contribution in [0.15, 0.2) is 23.0 Å². The maximum atomic E-state index is 12.7. The molecule has 3 atom stereocenters. The number of rotatable bonds is 3. The number of carbonyl (C=O) groups is 2. The van der Waals surface area contributed by atoms with E-state index in [9.17, 15) is 14.4 Å². The highest BCUT2D eigenvalue weighted by molar-refractivity contribution is 5.83. The summed E-state index contributed by atoms with van der Waals surface area (Å²) in [5, 5.41) is 2.81. The fourth-order valence-corrected chi connectivity index (χ4v) is 3.91. The van der Waals surface area contributed by atoms with Gasteiger partial charge in [0.05, 0.1) is 7.11 Å². The van der Waals surface area contributed by atoms with E-state index in [-0.39, 0.29) is 29.3 Å². The van der Waals surface area contributed by atoms with Gasteiger partial charge in [-0.1, -0.05) is 19.9 Å². The summed E-state index contributed by atoms with van der Waals surface area (Å²) in [6, 6.07) is 4.42. The van der Waals surface area contributed by atoms with E-state index in [0.717, 1.165) is 12.1 Å². The van der Waals surface area contributed by atoms with Crippen LogP contribution >= 0.6 is 0 Å². The molecule has 1 saturated heterocycles. The number of hydrogen-bond acceptors (Lipinski definition) is 4. The quantitative estimate of drug-likeness (QED) is 0.833. The highest BCUT2D eigenvalue weighted by Crippen LogP contribution is 2.34. The van der Waals surface area contributed by atoms with E-state index >= 15 is 0 Å². The smallest absolute Gasteiger partial charge is 0.328 e. The summed E-state index contributed by atoms with van der Waals surface area (Å²) in [5.74, 6) is -0.0760. The lowest BCUT2D eigenvalue weighted by atomic mass is 9.83. The van der Waals surface area contributed by atoms with Gasteiger partial charge in [0.2, 0.25) is 0 Å². The normalized spacial score (nSPS) is 23.0. The predicted molar refractivity (Wildman–Crippen MR) is 92.3 cm³/mol. The van der Waals surface area contributed by atoms with Crippen LogP contribution in [0.5, 0.6) is 0 Å². The van der Waals surface area contributed by atoms with Gasteiger partial charge in [-0.3, -0.25) is 4.79 Å². The zero-order valence-corrected chi connectivity index (χ0v) is 14.9. The average molecular weight is 347 g/mol. The highest BCUT2D eigenvalue weighted by Gasteiger charge is 2.37. The second kappa shape index (κ2) is 6.90. The summed E-state index contributed by atoms with van der Waals surface area (Å²) >= 11 is 0. The molecule has 7 nitrogen and oxygen atoms in total. The van der Waals surface area contributed by atoms with Crippen molar-refractivity contribution in [2.45, 2.75) is 38.8 Å². The van der Waals surface area contributed by atoms with Gasteiger partial charge in [0, 0.05) is 37.3 Å². The molecule has 1 aromatic heterocycles. The Morgan fingerprint density at radius 2 is 2.00 bits per heavy atom. The number of nitrogens with zero attached hydrogens (tertiary/aromatic N) is 2. The van der Waals surface area contributed by atoms with Crippen molar-refractivity contribution in [3.63, 3.8) is 0 Å². The molecule has 0 unspecified atom stereocenters. The van der Waals surface area contributed by atoms with Crippen LogP contribution in [0.1, 0.15) is 31.9 Å². The fourth-order valence-electron chi connectivity index (χ4n) is 3.91. The van der Waals surface area contributed by atoms with Crippen molar-refractivity contribution in [3.8, 4) is 0 Å². The second-order valence-electron chi connectivity index (χ2n) is 7.30. The van der Waals surface area contributed by atoms with Gasteiger partial charge < -0.3 is 19.5 Å². The van der Waals surface area contributed by atoms with Gasteiger partial charge in [0.15, 0.2) is 0 Å². The van der Waals surface area contributed by atoms with E-state index in [2.05, 4.69) is 5.32 Å². The number of hydrogen-bond donors (Lipinski definition) is 1. The molecule has 1 N–H and O–H groups in total. The number of likely N-dealkylation sites (tertiary alicyclic amines) is 1. The molecule has 2 bridgehead atoms. The van der Waals surface area contributed by atoms with Crippen LogP contribution in [0.2, 0.25) is 0 Å². The predicted octanol–water partition coefficient (Wildman–Crippen LogP) is 1.17. The lowest BCUT2D eigenvalue weighted by Crippen LogP contribution is -2.55. The lowest BCUT2D eigenvalue weighted by Gasteiger charge is -2.43. The minimum Gasteiger partial charge on any atom is -0.467 e. The molecule has 1 fully saturated rings. The summed E-state index contributed by atoms with van der Waals surface area (Å²) in [6.45, 7) is 5.53. The number of piperidine rings is 1. The SMILES string of the molecule is COC(=O)[C@H](NC(=O)N1C[C@@H]2C[C@@H](C1)c1cccc(=O)n1C2)C(C)C. The molecule has 0 saturated carbocycles. The third kappa shape index (κ3) is 3.41. The van der Waals surface area contributed by atoms with E-state index in [1.807, 2.05) is 24.5 Å². The number of fused-ring (bicyclic) bond motifs is 4. The molecular formula is C18H25N3O4. The number of carbonyl (C=O) groups excluding carboxylic acids is 2. The average Bonchev–Trinajstić information content (AvgIpc) is 2.59. The Balaban J connectivity index is 1.75. The molecular weight excluding hydrogens is 322 g/mol. The Hall–Kier alpha value is -2.31. The summed E-state index contributed by atoms with van der Waals surface area (Å²) < 4.78 is 6.62. The number of aromatic nitrogens is 1.